The van der Waals surface area contributed by atoms with Crippen LogP contribution >= 0.6 is 0 Å². The van der Waals surface area contributed by atoms with Crippen molar-refractivity contribution < 1.29 is 56.2 Å². The molecule has 0 unspecified atom stereocenters. The summed E-state index contributed by atoms with van der Waals surface area (Å²) in [4.78, 5) is 12.1. The Kier molecular flexibility index (Phi) is 4.38. The molecule has 0 fully saturated rings. The second-order valence-corrected chi connectivity index (χ2v) is 4.65. The van der Waals surface area contributed by atoms with Crippen molar-refractivity contribution in [3.8, 4) is 40.1 Å². The van der Waals surface area contributed by atoms with Crippen molar-refractivity contribution in [2.75, 3.05) is 0 Å². The van der Waals surface area contributed by atoms with Crippen LogP contribution in [0.25, 0.3) is 22.3 Å². The molecule has 0 saturated heterocycles. The molecule has 5 N–H and O–H groups in total. The Balaban J connectivity index is 0.00000192. The van der Waals surface area contributed by atoms with Crippen LogP contribution in [-0.4, -0.2) is 25.5 Å². The van der Waals surface area contributed by atoms with Crippen molar-refractivity contribution in [1.29, 1.82) is 0 Å². The molecule has 2 aromatic carbocycles. The van der Waals surface area contributed by atoms with Crippen molar-refractivity contribution in [2.24, 2.45) is 0 Å². The summed E-state index contributed by atoms with van der Waals surface area (Å²) in [6.07, 6.45) is 0. The van der Waals surface area contributed by atoms with E-state index in [2.05, 4.69) is 0 Å². The van der Waals surface area contributed by atoms with Crippen molar-refractivity contribution in [3.63, 3.8) is 0 Å². The van der Waals surface area contributed by atoms with Gasteiger partial charge in [-0.1, -0.05) is 0 Å². The quantitative estimate of drug-likeness (QED) is 0.400. The summed E-state index contributed by atoms with van der Waals surface area (Å²) in [5, 5.41) is 47.6. The van der Waals surface area contributed by atoms with Gasteiger partial charge < -0.3 is 29.9 Å². The Hall–Kier alpha value is -2.47. The van der Waals surface area contributed by atoms with Gasteiger partial charge in [0.05, 0.1) is 0 Å². The number of rotatable bonds is 1. The first kappa shape index (κ1) is 16.9. The minimum absolute atomic E-state index is 0. The summed E-state index contributed by atoms with van der Waals surface area (Å²) in [6.45, 7) is 0. The van der Waals surface area contributed by atoms with E-state index in [9.17, 15) is 30.3 Å². The van der Waals surface area contributed by atoms with E-state index in [0.29, 0.717) is 0 Å². The average molecular weight is 393 g/mol. The predicted molar refractivity (Wildman–Crippen MR) is 76.2 cm³/mol. The molecule has 7 nitrogen and oxygen atoms in total. The molecule has 0 aliphatic heterocycles. The zero-order valence-electron chi connectivity index (χ0n) is 11.4. The van der Waals surface area contributed by atoms with Crippen LogP contribution in [-0.2, 0) is 26.2 Å². The zero-order chi connectivity index (χ0) is 16.0. The third-order valence-electron chi connectivity index (χ3n) is 3.17. The largest absolute Gasteiger partial charge is 0.508 e. The smallest absolute Gasteiger partial charge is 0.238 e. The van der Waals surface area contributed by atoms with Crippen LogP contribution in [0.5, 0.6) is 28.7 Å². The summed E-state index contributed by atoms with van der Waals surface area (Å²) < 4.78 is 5.35. The summed E-state index contributed by atoms with van der Waals surface area (Å²) in [7, 11) is 0. The van der Waals surface area contributed by atoms with Gasteiger partial charge >= 0.3 is 0 Å². The Morgan fingerprint density at radius 1 is 0.826 bits per heavy atom. The van der Waals surface area contributed by atoms with E-state index in [1.165, 1.54) is 6.07 Å². The van der Waals surface area contributed by atoms with Crippen molar-refractivity contribution >= 4 is 11.0 Å². The van der Waals surface area contributed by atoms with Crippen LogP contribution in [0.3, 0.4) is 0 Å². The van der Waals surface area contributed by atoms with Crippen LogP contribution < -0.4 is 5.43 Å². The summed E-state index contributed by atoms with van der Waals surface area (Å²) in [6, 6.07) is 5.64. The predicted octanol–water partition coefficient (Wildman–Crippen LogP) is 1.99. The molecule has 0 amide bonds. The second kappa shape index (κ2) is 5.97. The van der Waals surface area contributed by atoms with Gasteiger partial charge in [0.2, 0.25) is 11.2 Å². The minimum Gasteiger partial charge on any atom is -0.508 e. The number of aromatic hydroxyl groups is 5. The van der Waals surface area contributed by atoms with Crippen molar-refractivity contribution in [2.45, 2.75) is 0 Å². The van der Waals surface area contributed by atoms with Crippen LogP contribution in [0.4, 0.5) is 0 Å². The van der Waals surface area contributed by atoms with Crippen LogP contribution in [0.2, 0.25) is 0 Å². The monoisotopic (exact) mass is 392 g/mol. The van der Waals surface area contributed by atoms with Gasteiger partial charge in [-0.05, 0) is 18.2 Å². The maximum atomic E-state index is 12.1. The van der Waals surface area contributed by atoms with E-state index in [1.807, 2.05) is 0 Å². The summed E-state index contributed by atoms with van der Waals surface area (Å²) >= 11 is 0. The van der Waals surface area contributed by atoms with Gasteiger partial charge in [0.15, 0.2) is 17.3 Å². The minimum atomic E-state index is -0.888. The summed E-state index contributed by atoms with van der Waals surface area (Å²) in [5.41, 5.74) is -0.890. The van der Waals surface area contributed by atoms with Crippen molar-refractivity contribution in [3.05, 3.63) is 40.6 Å². The van der Waals surface area contributed by atoms with Crippen LogP contribution in [0, 0.1) is 0 Å². The molecule has 0 radical (unpaired) electrons. The third kappa shape index (κ3) is 2.77. The molecule has 3 rings (SSSR count). The molecule has 23 heavy (non-hydrogen) atoms. The standard InChI is InChI=1S/C15H10O7.Zr/c16-7-4-10(19)12-11(5-7)22-15(14(21)13(12)20)6-1-2-8(17)9(18)3-6;/h1-5,16-19,21H;. The van der Waals surface area contributed by atoms with Crippen LogP contribution in [0.1, 0.15) is 0 Å². The number of phenolic OH excluding ortho intramolecular Hbond substituents is 4. The number of hydrogen-bond acceptors (Lipinski definition) is 7. The van der Waals surface area contributed by atoms with E-state index < -0.39 is 22.7 Å². The number of fused-ring (bicyclic) bond motifs is 1. The molecule has 1 aromatic heterocycles. The van der Waals surface area contributed by atoms with Gasteiger partial charge in [0, 0.05) is 43.9 Å². The number of phenols is 4. The molecule has 0 aliphatic carbocycles. The van der Waals surface area contributed by atoms with Gasteiger partial charge in [0.1, 0.15) is 22.5 Å². The fourth-order valence-corrected chi connectivity index (χ4v) is 2.14. The molecule has 0 spiro atoms. The van der Waals surface area contributed by atoms with E-state index >= 15 is 0 Å². The Labute approximate surface area is 147 Å². The SMILES string of the molecule is O=c1c(O)c(-c2ccc(O)c(O)c2)oc2cc(O)cc(O)c12.[Zr]. The van der Waals surface area contributed by atoms with Gasteiger partial charge in [-0.2, -0.15) is 0 Å². The molecule has 116 valence electrons. The first-order valence-electron chi connectivity index (χ1n) is 6.12. The zero-order valence-corrected chi connectivity index (χ0v) is 13.9. The molecule has 0 bridgehead atoms. The average Bonchev–Trinajstić information content (AvgIpc) is 2.45. The van der Waals surface area contributed by atoms with Gasteiger partial charge in [-0.3, -0.25) is 4.79 Å². The van der Waals surface area contributed by atoms with Crippen molar-refractivity contribution in [1.82, 2.24) is 0 Å². The molecule has 3 aromatic rings. The molecule has 0 saturated carbocycles. The van der Waals surface area contributed by atoms with E-state index in [-0.39, 0.29) is 60.0 Å². The fraction of sp³-hybridized carbons (Fsp3) is 0. The fourth-order valence-electron chi connectivity index (χ4n) is 2.14. The first-order chi connectivity index (χ1) is 10.4. The molecular formula is C15H10O7Zr. The molecule has 0 atom stereocenters. The number of hydrogen-bond donors (Lipinski definition) is 5. The molecule has 1 heterocycles. The Morgan fingerprint density at radius 3 is 2.17 bits per heavy atom. The van der Waals surface area contributed by atoms with E-state index in [0.717, 1.165) is 24.3 Å². The Bertz CT molecular complexity index is 962. The Morgan fingerprint density at radius 2 is 1.52 bits per heavy atom. The topological polar surface area (TPSA) is 131 Å². The van der Waals surface area contributed by atoms with Gasteiger partial charge in [-0.15, -0.1) is 0 Å². The first-order valence-corrected chi connectivity index (χ1v) is 6.12. The second-order valence-electron chi connectivity index (χ2n) is 4.65. The van der Waals surface area contributed by atoms with Crippen LogP contribution in [0.15, 0.2) is 39.5 Å². The molecular weight excluding hydrogens is 383 g/mol. The maximum Gasteiger partial charge on any atom is 0.238 e. The normalized spacial score (nSPS) is 10.4. The third-order valence-corrected chi connectivity index (χ3v) is 3.17. The molecule has 0 aliphatic rings. The summed E-state index contributed by atoms with van der Waals surface area (Å²) in [5.74, 6) is -2.71. The van der Waals surface area contributed by atoms with E-state index in [1.54, 1.807) is 0 Å². The molecule has 8 heteroatoms. The van der Waals surface area contributed by atoms with Gasteiger partial charge in [0.25, 0.3) is 0 Å². The number of benzene rings is 2. The maximum absolute atomic E-state index is 12.1. The van der Waals surface area contributed by atoms with Gasteiger partial charge in [-0.25, -0.2) is 0 Å². The van der Waals surface area contributed by atoms with E-state index in [4.69, 9.17) is 4.42 Å².